The first-order valence-corrected chi connectivity index (χ1v) is 11.3. The van der Waals surface area contributed by atoms with Crippen LogP contribution in [0.5, 0.6) is 0 Å². The van der Waals surface area contributed by atoms with Crippen molar-refractivity contribution in [3.63, 3.8) is 0 Å². The number of aliphatic hydroxyl groups excluding tert-OH is 2. The third-order valence-electron chi connectivity index (χ3n) is 4.74. The monoisotopic (exact) mass is 479 g/mol. The van der Waals surface area contributed by atoms with Crippen LogP contribution in [0, 0.1) is 12.3 Å². The fraction of sp³-hybridized carbons (Fsp3) is 0.368. The van der Waals surface area contributed by atoms with Gasteiger partial charge in [0.25, 0.3) is 0 Å². The Hall–Kier alpha value is -2.04. The van der Waals surface area contributed by atoms with E-state index >= 15 is 0 Å². The Kier molecular flexibility index (Phi) is 6.88. The lowest BCUT2D eigenvalue weighted by atomic mass is 9.97. The van der Waals surface area contributed by atoms with Gasteiger partial charge >= 0.3 is 0 Å². The van der Waals surface area contributed by atoms with Crippen LogP contribution in [0.2, 0.25) is 5.15 Å². The van der Waals surface area contributed by atoms with E-state index in [1.165, 1.54) is 34.9 Å². The molecule has 0 bridgehead atoms. The van der Waals surface area contributed by atoms with Gasteiger partial charge in [0, 0.05) is 35.3 Å². The fourth-order valence-electron chi connectivity index (χ4n) is 3.30. The molecule has 0 amide bonds. The molecule has 2 unspecified atom stereocenters. The van der Waals surface area contributed by atoms with Crippen LogP contribution in [0.1, 0.15) is 11.6 Å². The highest BCUT2D eigenvalue weighted by molar-refractivity contribution is 7.99. The Morgan fingerprint density at radius 1 is 1.45 bits per heavy atom. The number of terminal acetylenes is 1. The summed E-state index contributed by atoms with van der Waals surface area (Å²) >= 11 is 8.58. The molecule has 3 aromatic heterocycles. The second kappa shape index (κ2) is 9.62. The first-order valence-electron chi connectivity index (χ1n) is 9.12. The van der Waals surface area contributed by atoms with Crippen molar-refractivity contribution >= 4 is 34.7 Å². The normalized spacial score (nSPS) is 26.0. The Morgan fingerprint density at radius 3 is 2.97 bits per heavy atom. The van der Waals surface area contributed by atoms with Gasteiger partial charge in [-0.2, -0.15) is 0 Å². The van der Waals surface area contributed by atoms with Gasteiger partial charge in [-0.15, -0.1) is 22.9 Å². The molecule has 0 saturated carbocycles. The summed E-state index contributed by atoms with van der Waals surface area (Å²) in [6, 6.07) is 1.13. The van der Waals surface area contributed by atoms with Crippen molar-refractivity contribution in [2.45, 2.75) is 34.7 Å². The molecule has 12 heteroatoms. The number of halogens is 1. The van der Waals surface area contributed by atoms with Gasteiger partial charge in [0.2, 0.25) is 0 Å². The number of methoxy groups -OCH3 is 1. The van der Waals surface area contributed by atoms with Crippen LogP contribution in [0.3, 0.4) is 0 Å². The van der Waals surface area contributed by atoms with Crippen molar-refractivity contribution in [1.29, 1.82) is 0 Å². The number of ether oxygens (including phenoxy) is 2. The fourth-order valence-corrected chi connectivity index (χ4v) is 5.38. The van der Waals surface area contributed by atoms with Crippen molar-refractivity contribution in [2.75, 3.05) is 13.7 Å². The van der Waals surface area contributed by atoms with E-state index in [2.05, 4.69) is 26.2 Å². The molecule has 0 aromatic carbocycles. The van der Waals surface area contributed by atoms with Crippen LogP contribution in [-0.2, 0) is 9.47 Å². The average Bonchev–Trinajstić information content (AvgIpc) is 3.43. The number of aromatic nitrogens is 5. The Morgan fingerprint density at radius 2 is 2.29 bits per heavy atom. The second-order valence-corrected chi connectivity index (χ2v) is 9.05. The summed E-state index contributed by atoms with van der Waals surface area (Å²) < 4.78 is 13.2. The zero-order valence-electron chi connectivity index (χ0n) is 16.2. The van der Waals surface area contributed by atoms with E-state index in [1.807, 2.05) is 6.07 Å². The second-order valence-electron chi connectivity index (χ2n) is 6.64. The molecule has 3 aromatic rings. The lowest BCUT2D eigenvalue weighted by molar-refractivity contribution is -0.186. The van der Waals surface area contributed by atoms with E-state index in [1.54, 1.807) is 24.0 Å². The Bertz CT molecular complexity index is 1090. The lowest BCUT2D eigenvalue weighted by Crippen LogP contribution is -2.55. The number of thioether (sulfide) groups is 1. The SMILES string of the molecule is C#Cc1cncc(S[C@H]2OC(CO)[C@H](O)[C@H](n3cc(-c4nc(Cl)cs4)nn3)C2OC)c1. The molecule has 4 heterocycles. The molecule has 2 N–H and O–H groups in total. The summed E-state index contributed by atoms with van der Waals surface area (Å²) in [5, 5.41) is 31.7. The molecule has 1 fully saturated rings. The zero-order chi connectivity index (χ0) is 22.0. The van der Waals surface area contributed by atoms with Crippen LogP contribution >= 0.6 is 34.7 Å². The van der Waals surface area contributed by atoms with E-state index < -0.39 is 29.8 Å². The van der Waals surface area contributed by atoms with Crippen LogP contribution in [0.15, 0.2) is 34.9 Å². The van der Waals surface area contributed by atoms with Crippen molar-refractivity contribution in [3.8, 4) is 23.0 Å². The summed E-state index contributed by atoms with van der Waals surface area (Å²) in [6.07, 6.45) is 7.83. The van der Waals surface area contributed by atoms with Gasteiger partial charge in [-0.25, -0.2) is 9.67 Å². The van der Waals surface area contributed by atoms with Gasteiger partial charge in [-0.05, 0) is 6.07 Å². The summed E-state index contributed by atoms with van der Waals surface area (Å²) in [4.78, 5) is 9.11. The Balaban J connectivity index is 1.65. The van der Waals surface area contributed by atoms with Crippen LogP contribution in [0.4, 0.5) is 0 Å². The van der Waals surface area contributed by atoms with Crippen molar-refractivity contribution in [1.82, 2.24) is 25.0 Å². The number of aliphatic hydroxyl groups is 2. The lowest BCUT2D eigenvalue weighted by Gasteiger charge is -2.43. The highest BCUT2D eigenvalue weighted by atomic mass is 35.5. The molecule has 0 spiro atoms. The zero-order valence-corrected chi connectivity index (χ0v) is 18.6. The highest BCUT2D eigenvalue weighted by Crippen LogP contribution is 2.39. The number of thiazole rings is 1. The maximum atomic E-state index is 10.9. The van der Waals surface area contributed by atoms with Crippen molar-refractivity contribution in [3.05, 3.63) is 40.8 Å². The molecule has 9 nitrogen and oxygen atoms in total. The van der Waals surface area contributed by atoms with E-state index in [0.29, 0.717) is 21.4 Å². The summed E-state index contributed by atoms with van der Waals surface area (Å²) in [6.45, 7) is -0.378. The first kappa shape index (κ1) is 22.2. The predicted octanol–water partition coefficient (Wildman–Crippen LogP) is 1.86. The Labute approximate surface area is 191 Å². The maximum Gasteiger partial charge on any atom is 0.147 e. The third-order valence-corrected chi connectivity index (χ3v) is 7.03. The molecule has 5 atom stereocenters. The number of hydrogen-bond acceptors (Lipinski definition) is 10. The molecule has 31 heavy (non-hydrogen) atoms. The molecular formula is C19H18ClN5O4S2. The van der Waals surface area contributed by atoms with Gasteiger partial charge in [-0.3, -0.25) is 4.98 Å². The van der Waals surface area contributed by atoms with E-state index in [-0.39, 0.29) is 6.61 Å². The van der Waals surface area contributed by atoms with Gasteiger partial charge in [0.1, 0.15) is 45.6 Å². The standard InChI is InChI=1S/C19H18ClN5O4S2/c1-3-10-4-11(6-21-5-10)31-19-17(28-2)15(16(27)13(8-26)29-19)25-7-12(23-24-25)18-22-14(20)9-30-18/h1,4-7,9,13,15-17,19,26-27H,8H2,2H3/t13?,15-,16-,17?,19+/m0/s1. The van der Waals surface area contributed by atoms with E-state index in [9.17, 15) is 10.2 Å². The number of rotatable bonds is 6. The largest absolute Gasteiger partial charge is 0.394 e. The van der Waals surface area contributed by atoms with Crippen molar-refractivity contribution in [2.24, 2.45) is 0 Å². The molecule has 1 saturated heterocycles. The van der Waals surface area contributed by atoms with Crippen LogP contribution < -0.4 is 0 Å². The maximum absolute atomic E-state index is 10.9. The van der Waals surface area contributed by atoms with Gasteiger partial charge < -0.3 is 19.7 Å². The molecule has 0 aliphatic carbocycles. The minimum atomic E-state index is -1.09. The first-order chi connectivity index (χ1) is 15.0. The topological polar surface area (TPSA) is 115 Å². The predicted molar refractivity (Wildman–Crippen MR) is 116 cm³/mol. The number of pyridine rings is 1. The third kappa shape index (κ3) is 4.61. The molecule has 1 aliphatic rings. The summed E-state index contributed by atoms with van der Waals surface area (Å²) in [5.41, 5.74) is 0.571. The number of hydrogen-bond donors (Lipinski definition) is 2. The molecule has 162 valence electrons. The van der Waals surface area contributed by atoms with E-state index in [0.717, 1.165) is 4.90 Å². The summed E-state index contributed by atoms with van der Waals surface area (Å²) in [5.74, 6) is 2.55. The van der Waals surface area contributed by atoms with Gasteiger partial charge in [-0.1, -0.05) is 34.5 Å². The van der Waals surface area contributed by atoms with Crippen LogP contribution in [0.25, 0.3) is 10.7 Å². The molecule has 1 aliphatic heterocycles. The average molecular weight is 480 g/mol. The highest BCUT2D eigenvalue weighted by Gasteiger charge is 2.47. The van der Waals surface area contributed by atoms with Crippen LogP contribution in [-0.4, -0.2) is 72.6 Å². The quantitative estimate of drug-likeness (QED) is 0.511. The summed E-state index contributed by atoms with van der Waals surface area (Å²) in [7, 11) is 1.52. The van der Waals surface area contributed by atoms with Crippen molar-refractivity contribution < 1.29 is 19.7 Å². The number of nitrogens with zero attached hydrogens (tertiary/aromatic N) is 5. The minimum absolute atomic E-state index is 0.370. The molecular weight excluding hydrogens is 462 g/mol. The smallest absolute Gasteiger partial charge is 0.147 e. The van der Waals surface area contributed by atoms with E-state index in [4.69, 9.17) is 27.5 Å². The van der Waals surface area contributed by atoms with Gasteiger partial charge in [0.15, 0.2) is 0 Å². The minimum Gasteiger partial charge on any atom is -0.394 e. The van der Waals surface area contributed by atoms with Gasteiger partial charge in [0.05, 0.1) is 12.8 Å². The molecule has 0 radical (unpaired) electrons. The molecule has 4 rings (SSSR count).